The van der Waals surface area contributed by atoms with Crippen LogP contribution in [-0.4, -0.2) is 16.0 Å². The summed E-state index contributed by atoms with van der Waals surface area (Å²) in [6.07, 6.45) is 2.88. The van der Waals surface area contributed by atoms with Crippen molar-refractivity contribution in [3.8, 4) is 0 Å². The molecule has 6 nitrogen and oxygen atoms in total. The van der Waals surface area contributed by atoms with Crippen LogP contribution in [0.3, 0.4) is 0 Å². The SMILES string of the molecule is CC(C)(C)Cc1noc2nc(C3CC3)cc(C(=O)Nc3ccccc3N)c12. The van der Waals surface area contributed by atoms with Gasteiger partial charge in [0.2, 0.25) is 0 Å². The molecule has 1 saturated carbocycles. The predicted molar refractivity (Wildman–Crippen MR) is 106 cm³/mol. The first-order valence-electron chi connectivity index (χ1n) is 9.27. The molecule has 0 unspecified atom stereocenters. The molecule has 0 bridgehead atoms. The molecule has 6 heteroatoms. The molecular weight excluding hydrogens is 340 g/mol. The van der Waals surface area contributed by atoms with Crippen LogP contribution in [0, 0.1) is 5.41 Å². The van der Waals surface area contributed by atoms with Crippen molar-refractivity contribution in [1.29, 1.82) is 0 Å². The van der Waals surface area contributed by atoms with Crippen molar-refractivity contribution < 1.29 is 9.32 Å². The van der Waals surface area contributed by atoms with Crippen molar-refractivity contribution in [3.63, 3.8) is 0 Å². The summed E-state index contributed by atoms with van der Waals surface area (Å²) in [7, 11) is 0. The maximum Gasteiger partial charge on any atom is 0.259 e. The number of anilines is 2. The van der Waals surface area contributed by atoms with Gasteiger partial charge in [-0.15, -0.1) is 0 Å². The van der Waals surface area contributed by atoms with Gasteiger partial charge in [-0.25, -0.2) is 4.98 Å². The van der Waals surface area contributed by atoms with Crippen LogP contribution in [0.4, 0.5) is 11.4 Å². The van der Waals surface area contributed by atoms with Gasteiger partial charge in [0.15, 0.2) is 0 Å². The van der Waals surface area contributed by atoms with Crippen molar-refractivity contribution in [2.45, 2.75) is 46.0 Å². The van der Waals surface area contributed by atoms with Gasteiger partial charge in [-0.2, -0.15) is 0 Å². The number of para-hydroxylation sites is 2. The minimum Gasteiger partial charge on any atom is -0.397 e. The van der Waals surface area contributed by atoms with E-state index in [9.17, 15) is 4.79 Å². The maximum absolute atomic E-state index is 13.1. The predicted octanol–water partition coefficient (Wildman–Crippen LogP) is 4.52. The number of pyridine rings is 1. The Morgan fingerprint density at radius 2 is 2.04 bits per heavy atom. The number of nitrogens with zero attached hydrogens (tertiary/aromatic N) is 2. The smallest absolute Gasteiger partial charge is 0.259 e. The van der Waals surface area contributed by atoms with Crippen molar-refractivity contribution in [2.24, 2.45) is 5.41 Å². The Kier molecular flexibility index (Phi) is 4.13. The topological polar surface area (TPSA) is 94.0 Å². The molecule has 0 radical (unpaired) electrons. The highest BCUT2D eigenvalue weighted by molar-refractivity contribution is 6.13. The van der Waals surface area contributed by atoms with Crippen LogP contribution < -0.4 is 11.1 Å². The Bertz CT molecular complexity index is 1010. The molecule has 3 aromatic rings. The average molecular weight is 364 g/mol. The second-order valence-electron chi connectivity index (χ2n) is 8.46. The number of aromatic nitrogens is 2. The number of benzene rings is 1. The third-order valence-electron chi connectivity index (χ3n) is 4.68. The molecule has 1 amide bonds. The van der Waals surface area contributed by atoms with Crippen LogP contribution >= 0.6 is 0 Å². The molecule has 0 atom stereocenters. The van der Waals surface area contributed by atoms with E-state index in [1.54, 1.807) is 12.1 Å². The molecule has 27 heavy (non-hydrogen) atoms. The largest absolute Gasteiger partial charge is 0.397 e. The number of nitrogens with one attached hydrogen (secondary N) is 1. The second kappa shape index (κ2) is 6.37. The van der Waals surface area contributed by atoms with E-state index in [4.69, 9.17) is 10.3 Å². The van der Waals surface area contributed by atoms with Crippen LogP contribution in [-0.2, 0) is 6.42 Å². The Hall–Kier alpha value is -2.89. The van der Waals surface area contributed by atoms with Gasteiger partial charge in [-0.05, 0) is 42.9 Å². The normalized spacial score (nSPS) is 14.5. The summed E-state index contributed by atoms with van der Waals surface area (Å²) in [6.45, 7) is 6.39. The molecule has 1 aliphatic carbocycles. The second-order valence-corrected chi connectivity index (χ2v) is 8.46. The van der Waals surface area contributed by atoms with E-state index in [0.29, 0.717) is 40.4 Å². The molecule has 4 rings (SSSR count). The van der Waals surface area contributed by atoms with Crippen LogP contribution in [0.25, 0.3) is 11.1 Å². The summed E-state index contributed by atoms with van der Waals surface area (Å²) in [5.41, 5.74) is 9.75. The van der Waals surface area contributed by atoms with Crippen molar-refractivity contribution >= 4 is 28.4 Å². The lowest BCUT2D eigenvalue weighted by molar-refractivity contribution is 0.102. The number of hydrogen-bond acceptors (Lipinski definition) is 5. The monoisotopic (exact) mass is 364 g/mol. The van der Waals surface area contributed by atoms with Gasteiger partial charge in [0.25, 0.3) is 11.6 Å². The zero-order chi connectivity index (χ0) is 19.2. The van der Waals surface area contributed by atoms with Gasteiger partial charge in [-0.3, -0.25) is 4.79 Å². The molecule has 1 aromatic carbocycles. The lowest BCUT2D eigenvalue weighted by Crippen LogP contribution is -2.16. The van der Waals surface area contributed by atoms with Gasteiger partial charge >= 0.3 is 0 Å². The number of nitrogens with two attached hydrogens (primary N) is 1. The summed E-state index contributed by atoms with van der Waals surface area (Å²) in [5.74, 6) is 0.180. The highest BCUT2D eigenvalue weighted by atomic mass is 16.5. The number of rotatable bonds is 4. The zero-order valence-electron chi connectivity index (χ0n) is 15.9. The first kappa shape index (κ1) is 17.5. The minimum absolute atomic E-state index is 0.0105. The molecule has 1 fully saturated rings. The lowest BCUT2D eigenvalue weighted by Gasteiger charge is -2.16. The highest BCUT2D eigenvalue weighted by Crippen LogP contribution is 2.41. The van der Waals surface area contributed by atoms with E-state index in [1.165, 1.54) is 0 Å². The Morgan fingerprint density at radius 1 is 1.30 bits per heavy atom. The Morgan fingerprint density at radius 3 is 2.70 bits per heavy atom. The summed E-state index contributed by atoms with van der Waals surface area (Å²) < 4.78 is 5.51. The fraction of sp³-hybridized carbons (Fsp3) is 0.381. The molecule has 2 heterocycles. The summed E-state index contributed by atoms with van der Waals surface area (Å²) in [6, 6.07) is 9.11. The van der Waals surface area contributed by atoms with Crippen LogP contribution in [0.5, 0.6) is 0 Å². The molecule has 2 aromatic heterocycles. The van der Waals surface area contributed by atoms with Crippen LogP contribution in [0.2, 0.25) is 0 Å². The number of amides is 1. The first-order valence-corrected chi connectivity index (χ1v) is 9.27. The van der Waals surface area contributed by atoms with Gasteiger partial charge in [-0.1, -0.05) is 38.1 Å². The highest BCUT2D eigenvalue weighted by Gasteiger charge is 2.30. The molecule has 0 aliphatic heterocycles. The lowest BCUT2D eigenvalue weighted by atomic mass is 9.89. The van der Waals surface area contributed by atoms with E-state index in [1.807, 2.05) is 18.2 Å². The maximum atomic E-state index is 13.1. The third-order valence-corrected chi connectivity index (χ3v) is 4.68. The van der Waals surface area contributed by atoms with Gasteiger partial charge < -0.3 is 15.6 Å². The van der Waals surface area contributed by atoms with Crippen molar-refractivity contribution in [1.82, 2.24) is 10.1 Å². The third kappa shape index (κ3) is 3.65. The number of carbonyl (C=O) groups is 1. The van der Waals surface area contributed by atoms with Crippen molar-refractivity contribution in [2.75, 3.05) is 11.1 Å². The molecule has 140 valence electrons. The number of carbonyl (C=O) groups excluding carboxylic acids is 1. The van der Waals surface area contributed by atoms with E-state index >= 15 is 0 Å². The molecule has 3 N–H and O–H groups in total. The number of fused-ring (bicyclic) bond motifs is 1. The first-order chi connectivity index (χ1) is 12.8. The van der Waals surface area contributed by atoms with Crippen molar-refractivity contribution in [3.05, 3.63) is 47.3 Å². The summed E-state index contributed by atoms with van der Waals surface area (Å²) in [4.78, 5) is 17.7. The van der Waals surface area contributed by atoms with E-state index in [0.717, 1.165) is 24.2 Å². The fourth-order valence-electron chi connectivity index (χ4n) is 3.22. The molecule has 0 spiro atoms. The molecule has 0 saturated heterocycles. The van der Waals surface area contributed by atoms with Gasteiger partial charge in [0.05, 0.1) is 28.0 Å². The summed E-state index contributed by atoms with van der Waals surface area (Å²) >= 11 is 0. The van der Waals surface area contributed by atoms with Gasteiger partial charge in [0.1, 0.15) is 0 Å². The number of nitrogen functional groups attached to an aromatic ring is 1. The number of hydrogen-bond donors (Lipinski definition) is 2. The summed E-state index contributed by atoms with van der Waals surface area (Å²) in [5, 5.41) is 7.85. The van der Waals surface area contributed by atoms with E-state index in [2.05, 4.69) is 36.2 Å². The Balaban J connectivity index is 1.80. The molecule has 1 aliphatic rings. The standard InChI is InChI=1S/C21H24N4O2/c1-21(2,3)11-17-18-13(19(26)23-15-7-5-4-6-14(15)22)10-16(12-8-9-12)24-20(18)27-25-17/h4-7,10,12H,8-9,11,22H2,1-3H3,(H,23,26). The van der Waals surface area contributed by atoms with E-state index in [-0.39, 0.29) is 11.3 Å². The average Bonchev–Trinajstić information content (AvgIpc) is 3.38. The zero-order valence-corrected chi connectivity index (χ0v) is 15.9. The molecular formula is C21H24N4O2. The van der Waals surface area contributed by atoms with Gasteiger partial charge in [0, 0.05) is 11.6 Å². The fourth-order valence-corrected chi connectivity index (χ4v) is 3.22. The quantitative estimate of drug-likeness (QED) is 0.664. The van der Waals surface area contributed by atoms with Crippen LogP contribution in [0.1, 0.15) is 61.3 Å². The minimum atomic E-state index is -0.222. The Labute approximate surface area is 158 Å². The van der Waals surface area contributed by atoms with E-state index < -0.39 is 0 Å². The van der Waals surface area contributed by atoms with Crippen LogP contribution in [0.15, 0.2) is 34.9 Å².